The summed E-state index contributed by atoms with van der Waals surface area (Å²) in [5.41, 5.74) is 7.10. The lowest BCUT2D eigenvalue weighted by Gasteiger charge is -2.19. The lowest BCUT2D eigenvalue weighted by atomic mass is 10.0. The number of rotatable bonds is 5. The fourth-order valence-corrected chi connectivity index (χ4v) is 3.64. The third-order valence-corrected chi connectivity index (χ3v) is 5.06. The molecule has 0 saturated carbocycles. The highest BCUT2D eigenvalue weighted by Crippen LogP contribution is 2.35. The number of nitrogens with zero attached hydrogens (tertiary/aromatic N) is 2. The van der Waals surface area contributed by atoms with Gasteiger partial charge in [-0.1, -0.05) is 24.3 Å². The average molecular weight is 406 g/mol. The predicted octanol–water partition coefficient (Wildman–Crippen LogP) is 2.00. The van der Waals surface area contributed by atoms with Crippen LogP contribution in [0.4, 0.5) is 15.8 Å². The number of hydrogen-bond acceptors (Lipinski definition) is 4. The molecule has 0 bridgehead atoms. The van der Waals surface area contributed by atoms with Gasteiger partial charge in [0.15, 0.2) is 0 Å². The van der Waals surface area contributed by atoms with Crippen LogP contribution in [0.25, 0.3) is 5.69 Å². The number of carbonyl (C=O) groups is 2. The van der Waals surface area contributed by atoms with Crippen molar-refractivity contribution in [2.45, 2.75) is 5.92 Å². The molecule has 1 aliphatic rings. The molecular weight excluding hydrogens is 387 g/mol. The van der Waals surface area contributed by atoms with E-state index in [0.29, 0.717) is 12.2 Å². The van der Waals surface area contributed by atoms with Crippen molar-refractivity contribution in [3.8, 4) is 5.69 Å². The van der Waals surface area contributed by atoms with Gasteiger partial charge in [0.1, 0.15) is 5.82 Å². The Balaban J connectivity index is 1.49. The number of amides is 2. The van der Waals surface area contributed by atoms with Gasteiger partial charge in [-0.3, -0.25) is 19.0 Å². The Hall–Kier alpha value is -3.94. The van der Waals surface area contributed by atoms with Crippen molar-refractivity contribution in [2.24, 2.45) is 5.73 Å². The molecule has 0 aliphatic carbocycles. The van der Waals surface area contributed by atoms with Crippen LogP contribution in [-0.4, -0.2) is 29.5 Å². The van der Waals surface area contributed by atoms with Crippen LogP contribution in [0.15, 0.2) is 71.7 Å². The molecule has 8 heteroatoms. The zero-order valence-corrected chi connectivity index (χ0v) is 15.9. The van der Waals surface area contributed by atoms with Crippen LogP contribution in [0.3, 0.4) is 0 Å². The van der Waals surface area contributed by atoms with E-state index in [4.69, 9.17) is 5.73 Å². The van der Waals surface area contributed by atoms with Gasteiger partial charge in [-0.05, 0) is 29.8 Å². The summed E-state index contributed by atoms with van der Waals surface area (Å²) >= 11 is 0. The van der Waals surface area contributed by atoms with Crippen molar-refractivity contribution in [3.63, 3.8) is 0 Å². The molecule has 30 heavy (non-hydrogen) atoms. The van der Waals surface area contributed by atoms with Crippen LogP contribution in [0, 0.1) is 5.82 Å². The van der Waals surface area contributed by atoms with Crippen molar-refractivity contribution >= 4 is 23.2 Å². The molecule has 152 valence electrons. The molecule has 1 aromatic heterocycles. The van der Waals surface area contributed by atoms with E-state index >= 15 is 0 Å². The molecule has 2 heterocycles. The van der Waals surface area contributed by atoms with E-state index in [1.807, 2.05) is 24.3 Å². The van der Waals surface area contributed by atoms with Crippen LogP contribution in [0.1, 0.15) is 11.5 Å². The summed E-state index contributed by atoms with van der Waals surface area (Å²) in [4.78, 5) is 37.9. The summed E-state index contributed by atoms with van der Waals surface area (Å²) in [5.74, 6) is -2.04. The van der Waals surface area contributed by atoms with Gasteiger partial charge in [0.25, 0.3) is 5.56 Å². The summed E-state index contributed by atoms with van der Waals surface area (Å²) in [6.07, 6.45) is 1.54. The number of para-hydroxylation sites is 1. The topological polar surface area (TPSA) is 97.4 Å². The van der Waals surface area contributed by atoms with E-state index in [-0.39, 0.29) is 17.8 Å². The van der Waals surface area contributed by atoms with Crippen LogP contribution in [0.5, 0.6) is 0 Å². The molecule has 3 N–H and O–H groups in total. The van der Waals surface area contributed by atoms with Gasteiger partial charge in [0, 0.05) is 30.6 Å². The first kappa shape index (κ1) is 19.4. The molecule has 0 spiro atoms. The molecule has 0 radical (unpaired) electrons. The number of pyridine rings is 1. The molecule has 1 aliphatic heterocycles. The number of halogens is 1. The zero-order valence-electron chi connectivity index (χ0n) is 15.9. The predicted molar refractivity (Wildman–Crippen MR) is 111 cm³/mol. The summed E-state index contributed by atoms with van der Waals surface area (Å²) in [5, 5.41) is 2.55. The van der Waals surface area contributed by atoms with Gasteiger partial charge in [0.05, 0.1) is 23.8 Å². The van der Waals surface area contributed by atoms with Crippen molar-refractivity contribution in [3.05, 3.63) is 88.6 Å². The number of nitrogens with two attached hydrogens (primary N) is 1. The lowest BCUT2D eigenvalue weighted by Crippen LogP contribution is -2.34. The molecular formula is C22H19FN4O3. The smallest absolute Gasteiger partial charge is 0.255 e. The number of benzene rings is 2. The minimum absolute atomic E-state index is 0.00617. The molecule has 7 nitrogen and oxygen atoms in total. The Bertz CT molecular complexity index is 1190. The van der Waals surface area contributed by atoms with E-state index in [0.717, 1.165) is 11.3 Å². The third kappa shape index (κ3) is 3.67. The maximum Gasteiger partial charge on any atom is 0.255 e. The number of nitrogens with one attached hydrogen (secondary N) is 1. The Labute approximate surface area is 171 Å². The fourth-order valence-electron chi connectivity index (χ4n) is 3.64. The fraction of sp³-hybridized carbons (Fsp3) is 0.136. The second-order valence-electron chi connectivity index (χ2n) is 7.02. The van der Waals surface area contributed by atoms with E-state index in [9.17, 15) is 18.8 Å². The van der Waals surface area contributed by atoms with Crippen LogP contribution >= 0.6 is 0 Å². The summed E-state index contributed by atoms with van der Waals surface area (Å²) in [6.45, 7) is 0.237. The SMILES string of the molecule is NC(=O)C1CN(CC(=O)Nc2ccc(-n3ccccc3=O)cc2F)c2ccccc21. The largest absolute Gasteiger partial charge is 0.369 e. The molecule has 3 aromatic rings. The van der Waals surface area contributed by atoms with Gasteiger partial charge in [0.2, 0.25) is 11.8 Å². The number of carbonyl (C=O) groups excluding carboxylic acids is 2. The first-order chi connectivity index (χ1) is 14.4. The first-order valence-electron chi connectivity index (χ1n) is 9.34. The molecule has 2 amide bonds. The molecule has 1 atom stereocenters. The minimum Gasteiger partial charge on any atom is -0.369 e. The Kier molecular flexibility index (Phi) is 5.05. The van der Waals surface area contributed by atoms with E-state index in [2.05, 4.69) is 5.32 Å². The second kappa shape index (κ2) is 7.82. The standard InChI is InChI=1S/C22H19FN4O3/c23-17-11-14(27-10-4-3-7-21(27)29)8-9-18(17)25-20(28)13-26-12-16(22(24)30)15-5-1-2-6-19(15)26/h1-11,16H,12-13H2,(H2,24,30)(H,25,28). The summed E-state index contributed by atoms with van der Waals surface area (Å²) in [7, 11) is 0. The highest BCUT2D eigenvalue weighted by Gasteiger charge is 2.32. The van der Waals surface area contributed by atoms with Crippen LogP contribution in [0.2, 0.25) is 0 Å². The maximum atomic E-state index is 14.5. The van der Waals surface area contributed by atoms with Gasteiger partial charge < -0.3 is 16.0 Å². The monoisotopic (exact) mass is 406 g/mol. The maximum absolute atomic E-state index is 14.5. The Morgan fingerprint density at radius 2 is 1.87 bits per heavy atom. The van der Waals surface area contributed by atoms with E-state index in [1.54, 1.807) is 23.1 Å². The van der Waals surface area contributed by atoms with Gasteiger partial charge >= 0.3 is 0 Å². The molecule has 1 unspecified atom stereocenters. The molecule has 0 saturated heterocycles. The average Bonchev–Trinajstić information content (AvgIpc) is 3.09. The van der Waals surface area contributed by atoms with Gasteiger partial charge in [-0.15, -0.1) is 0 Å². The normalized spacial score (nSPS) is 15.0. The Morgan fingerprint density at radius 3 is 2.60 bits per heavy atom. The quantitative estimate of drug-likeness (QED) is 0.677. The zero-order chi connectivity index (χ0) is 21.3. The number of anilines is 2. The minimum atomic E-state index is -0.659. The highest BCUT2D eigenvalue weighted by molar-refractivity contribution is 5.96. The highest BCUT2D eigenvalue weighted by atomic mass is 19.1. The number of hydrogen-bond donors (Lipinski definition) is 2. The number of primary amides is 1. The summed E-state index contributed by atoms with van der Waals surface area (Å²) < 4.78 is 15.8. The van der Waals surface area contributed by atoms with Crippen LogP contribution in [-0.2, 0) is 9.59 Å². The number of aromatic nitrogens is 1. The molecule has 2 aromatic carbocycles. The van der Waals surface area contributed by atoms with E-state index in [1.165, 1.54) is 29.0 Å². The van der Waals surface area contributed by atoms with Crippen molar-refractivity contribution in [1.29, 1.82) is 0 Å². The second-order valence-corrected chi connectivity index (χ2v) is 7.02. The van der Waals surface area contributed by atoms with Crippen molar-refractivity contribution in [2.75, 3.05) is 23.3 Å². The molecule has 4 rings (SSSR count). The van der Waals surface area contributed by atoms with Gasteiger partial charge in [-0.2, -0.15) is 0 Å². The Morgan fingerprint density at radius 1 is 1.10 bits per heavy atom. The van der Waals surface area contributed by atoms with Crippen molar-refractivity contribution < 1.29 is 14.0 Å². The van der Waals surface area contributed by atoms with Crippen LogP contribution < -0.4 is 21.5 Å². The van der Waals surface area contributed by atoms with Gasteiger partial charge in [-0.25, -0.2) is 4.39 Å². The summed E-state index contributed by atoms with van der Waals surface area (Å²) in [6, 6.07) is 16.0. The third-order valence-electron chi connectivity index (χ3n) is 5.06. The first-order valence-corrected chi connectivity index (χ1v) is 9.34. The molecule has 0 fully saturated rings. The number of fused-ring (bicyclic) bond motifs is 1. The van der Waals surface area contributed by atoms with Crippen molar-refractivity contribution in [1.82, 2.24) is 4.57 Å². The lowest BCUT2D eigenvalue weighted by molar-refractivity contribution is -0.119. The van der Waals surface area contributed by atoms with E-state index < -0.39 is 23.5 Å².